The molecule has 0 radical (unpaired) electrons. The predicted molar refractivity (Wildman–Crippen MR) is 92.2 cm³/mol. The summed E-state index contributed by atoms with van der Waals surface area (Å²) in [6.45, 7) is 4.09. The van der Waals surface area contributed by atoms with E-state index in [0.717, 1.165) is 9.78 Å². The summed E-state index contributed by atoms with van der Waals surface area (Å²) in [4.78, 5) is 38.8. The molecular weight excluding hydrogens is 324 g/mol. The van der Waals surface area contributed by atoms with E-state index in [1.165, 1.54) is 13.1 Å². The third-order valence-electron chi connectivity index (χ3n) is 4.15. The van der Waals surface area contributed by atoms with Gasteiger partial charge in [-0.1, -0.05) is 19.9 Å². The van der Waals surface area contributed by atoms with Crippen molar-refractivity contribution in [2.75, 3.05) is 7.05 Å². The van der Waals surface area contributed by atoms with Crippen molar-refractivity contribution in [3.8, 4) is 0 Å². The van der Waals surface area contributed by atoms with Gasteiger partial charge in [-0.2, -0.15) is 0 Å². The molecule has 1 atom stereocenters. The second-order valence-electron chi connectivity index (χ2n) is 6.14. The van der Waals surface area contributed by atoms with Gasteiger partial charge < -0.3 is 5.32 Å². The molecule has 0 fully saturated rings. The number of carbonyl (C=O) groups is 3. The maximum Gasteiger partial charge on any atom is 0.261 e. The fourth-order valence-corrected chi connectivity index (χ4v) is 3.71. The maximum absolute atomic E-state index is 12.6. The topological polar surface area (TPSA) is 66.5 Å². The standard InChI is InChI=1S/C18H18N2O3S/c1-10(2)15(14-5-4-8-24-14)19-16(21)11-6-7-12-13(9-11)18(23)20(3)17(12)22/h4-10,15H,1-3H3,(H,19,21)/t15-/m1/s1. The molecule has 3 amide bonds. The van der Waals surface area contributed by atoms with Crippen LogP contribution in [-0.2, 0) is 0 Å². The number of thiophene rings is 1. The zero-order valence-corrected chi connectivity index (χ0v) is 14.5. The minimum absolute atomic E-state index is 0.0919. The average Bonchev–Trinajstić information content (AvgIpc) is 3.16. The first-order valence-electron chi connectivity index (χ1n) is 7.71. The lowest BCUT2D eigenvalue weighted by Crippen LogP contribution is -2.31. The minimum atomic E-state index is -0.372. The number of hydrogen-bond donors (Lipinski definition) is 1. The van der Waals surface area contributed by atoms with Crippen molar-refractivity contribution >= 4 is 29.1 Å². The van der Waals surface area contributed by atoms with E-state index in [-0.39, 0.29) is 35.2 Å². The van der Waals surface area contributed by atoms with Crippen molar-refractivity contribution < 1.29 is 14.4 Å². The molecule has 1 N–H and O–H groups in total. The smallest absolute Gasteiger partial charge is 0.261 e. The summed E-state index contributed by atoms with van der Waals surface area (Å²) in [5.74, 6) is -0.722. The quantitative estimate of drug-likeness (QED) is 0.868. The largest absolute Gasteiger partial charge is 0.344 e. The Bertz CT molecular complexity index is 812. The summed E-state index contributed by atoms with van der Waals surface area (Å²) in [6.07, 6.45) is 0. The minimum Gasteiger partial charge on any atom is -0.344 e. The number of hydrogen-bond acceptors (Lipinski definition) is 4. The van der Waals surface area contributed by atoms with Gasteiger partial charge >= 0.3 is 0 Å². The van der Waals surface area contributed by atoms with E-state index in [9.17, 15) is 14.4 Å². The first-order valence-corrected chi connectivity index (χ1v) is 8.59. The van der Waals surface area contributed by atoms with E-state index in [1.807, 2.05) is 31.4 Å². The van der Waals surface area contributed by atoms with E-state index < -0.39 is 0 Å². The van der Waals surface area contributed by atoms with Gasteiger partial charge in [0.1, 0.15) is 0 Å². The molecule has 2 heterocycles. The van der Waals surface area contributed by atoms with Crippen LogP contribution in [0.1, 0.15) is 55.8 Å². The molecule has 0 saturated carbocycles. The van der Waals surface area contributed by atoms with Gasteiger partial charge in [-0.25, -0.2) is 0 Å². The summed E-state index contributed by atoms with van der Waals surface area (Å²) >= 11 is 1.60. The maximum atomic E-state index is 12.6. The molecule has 0 saturated heterocycles. The monoisotopic (exact) mass is 342 g/mol. The van der Waals surface area contributed by atoms with Crippen LogP contribution in [-0.4, -0.2) is 29.7 Å². The first kappa shape index (κ1) is 16.4. The van der Waals surface area contributed by atoms with Crippen molar-refractivity contribution in [2.45, 2.75) is 19.9 Å². The second-order valence-corrected chi connectivity index (χ2v) is 7.12. The number of fused-ring (bicyclic) bond motifs is 1. The number of nitrogens with zero attached hydrogens (tertiary/aromatic N) is 1. The molecular formula is C18H18N2O3S. The molecule has 1 aliphatic rings. The molecule has 1 aromatic heterocycles. The van der Waals surface area contributed by atoms with Crippen LogP contribution in [0.3, 0.4) is 0 Å². The highest BCUT2D eigenvalue weighted by Crippen LogP contribution is 2.27. The summed E-state index contributed by atoms with van der Waals surface area (Å²) in [5, 5.41) is 5.00. The molecule has 124 valence electrons. The third-order valence-corrected chi connectivity index (χ3v) is 5.11. The van der Waals surface area contributed by atoms with E-state index in [2.05, 4.69) is 5.32 Å². The number of nitrogens with one attached hydrogen (secondary N) is 1. The predicted octanol–water partition coefficient (Wildman–Crippen LogP) is 3.10. The summed E-state index contributed by atoms with van der Waals surface area (Å²) in [5.41, 5.74) is 1.01. The van der Waals surface area contributed by atoms with Gasteiger partial charge in [0.2, 0.25) is 0 Å². The molecule has 6 heteroatoms. The van der Waals surface area contributed by atoms with Crippen LogP contribution in [0, 0.1) is 5.92 Å². The van der Waals surface area contributed by atoms with Gasteiger partial charge in [-0.05, 0) is 35.6 Å². The second kappa shape index (κ2) is 6.20. The molecule has 2 aromatic rings. The molecule has 1 aromatic carbocycles. The Kier molecular flexibility index (Phi) is 4.24. The Morgan fingerprint density at radius 2 is 1.83 bits per heavy atom. The van der Waals surface area contributed by atoms with Crippen LogP contribution in [0.25, 0.3) is 0 Å². The van der Waals surface area contributed by atoms with Gasteiger partial charge in [0, 0.05) is 17.5 Å². The van der Waals surface area contributed by atoms with Crippen LogP contribution in [0.15, 0.2) is 35.7 Å². The zero-order chi connectivity index (χ0) is 17.4. The number of rotatable bonds is 4. The molecule has 3 rings (SSSR count). The number of benzene rings is 1. The van der Waals surface area contributed by atoms with E-state index in [1.54, 1.807) is 23.5 Å². The Balaban J connectivity index is 1.86. The highest BCUT2D eigenvalue weighted by atomic mass is 32.1. The average molecular weight is 342 g/mol. The highest BCUT2D eigenvalue weighted by Gasteiger charge is 2.33. The molecule has 0 spiro atoms. The molecule has 0 unspecified atom stereocenters. The fourth-order valence-electron chi connectivity index (χ4n) is 2.76. The van der Waals surface area contributed by atoms with E-state index in [4.69, 9.17) is 0 Å². The highest BCUT2D eigenvalue weighted by molar-refractivity contribution is 7.10. The van der Waals surface area contributed by atoms with Crippen molar-refractivity contribution in [3.63, 3.8) is 0 Å². The van der Waals surface area contributed by atoms with Gasteiger partial charge in [-0.15, -0.1) is 11.3 Å². The van der Waals surface area contributed by atoms with Crippen molar-refractivity contribution in [1.82, 2.24) is 10.2 Å². The Morgan fingerprint density at radius 1 is 1.12 bits per heavy atom. The Hall–Kier alpha value is -2.47. The van der Waals surface area contributed by atoms with Crippen molar-refractivity contribution in [1.29, 1.82) is 0 Å². The van der Waals surface area contributed by atoms with Gasteiger partial charge in [-0.3, -0.25) is 19.3 Å². The lowest BCUT2D eigenvalue weighted by molar-refractivity contribution is 0.0693. The summed E-state index contributed by atoms with van der Waals surface area (Å²) < 4.78 is 0. The van der Waals surface area contributed by atoms with E-state index >= 15 is 0 Å². The van der Waals surface area contributed by atoms with Crippen LogP contribution in [0.2, 0.25) is 0 Å². The van der Waals surface area contributed by atoms with Crippen LogP contribution in [0.5, 0.6) is 0 Å². The zero-order valence-electron chi connectivity index (χ0n) is 13.7. The SMILES string of the molecule is CC(C)[C@@H](NC(=O)c1ccc2c(c1)C(=O)N(C)C2=O)c1cccs1. The first-order chi connectivity index (χ1) is 11.4. The van der Waals surface area contributed by atoms with Crippen molar-refractivity contribution in [2.24, 2.45) is 5.92 Å². The van der Waals surface area contributed by atoms with E-state index in [0.29, 0.717) is 11.1 Å². The molecule has 0 bridgehead atoms. The molecule has 24 heavy (non-hydrogen) atoms. The van der Waals surface area contributed by atoms with Crippen molar-refractivity contribution in [3.05, 3.63) is 57.3 Å². The summed E-state index contributed by atoms with van der Waals surface area (Å²) in [6, 6.07) is 8.49. The normalized spacial score (nSPS) is 14.9. The Labute approximate surface area is 144 Å². The van der Waals surface area contributed by atoms with Gasteiger partial charge in [0.25, 0.3) is 17.7 Å². The van der Waals surface area contributed by atoms with Crippen LogP contribution < -0.4 is 5.32 Å². The van der Waals surface area contributed by atoms with Gasteiger partial charge in [0.15, 0.2) is 0 Å². The molecule has 1 aliphatic heterocycles. The lowest BCUT2D eigenvalue weighted by Gasteiger charge is -2.21. The Morgan fingerprint density at radius 3 is 2.46 bits per heavy atom. The third kappa shape index (κ3) is 2.73. The lowest BCUT2D eigenvalue weighted by atomic mass is 10.0. The fraction of sp³-hybridized carbons (Fsp3) is 0.278. The van der Waals surface area contributed by atoms with Crippen LogP contribution in [0.4, 0.5) is 0 Å². The molecule has 0 aliphatic carbocycles. The number of carbonyl (C=O) groups excluding carboxylic acids is 3. The number of imide groups is 1. The summed E-state index contributed by atoms with van der Waals surface area (Å²) in [7, 11) is 1.44. The number of amides is 3. The molecule has 5 nitrogen and oxygen atoms in total. The van der Waals surface area contributed by atoms with Crippen LogP contribution >= 0.6 is 11.3 Å². The van der Waals surface area contributed by atoms with Gasteiger partial charge in [0.05, 0.1) is 17.2 Å².